The van der Waals surface area contributed by atoms with Gasteiger partial charge in [0, 0.05) is 32.1 Å². The van der Waals surface area contributed by atoms with E-state index in [-0.39, 0.29) is 12.0 Å². The first-order valence-electron chi connectivity index (χ1n) is 14.4. The van der Waals surface area contributed by atoms with Crippen LogP contribution in [0.3, 0.4) is 0 Å². The average molecular weight is 546 g/mol. The van der Waals surface area contributed by atoms with Crippen molar-refractivity contribution in [1.82, 2.24) is 10.7 Å². The van der Waals surface area contributed by atoms with E-state index in [1.54, 1.807) is 14.2 Å². The fraction of sp³-hybridized carbons (Fsp3) is 0.613. The molecule has 1 aliphatic heterocycles. The summed E-state index contributed by atoms with van der Waals surface area (Å²) < 4.78 is 22.5. The normalized spacial score (nSPS) is 14.4. The van der Waals surface area contributed by atoms with E-state index >= 15 is 0 Å². The SMILES string of the molecule is CC.CC/C=C(\C=C/C(C)OCCCNCCCCOc1ccc(C2=NNC(=O)CC2)cc1OC)CCOC. The molecule has 1 aromatic carbocycles. The van der Waals surface area contributed by atoms with Gasteiger partial charge in [0.25, 0.3) is 0 Å². The third-order valence-electron chi connectivity index (χ3n) is 5.93. The van der Waals surface area contributed by atoms with Gasteiger partial charge in [-0.25, -0.2) is 5.43 Å². The highest BCUT2D eigenvalue weighted by Gasteiger charge is 2.15. The van der Waals surface area contributed by atoms with E-state index in [1.807, 2.05) is 32.0 Å². The average Bonchev–Trinajstić information content (AvgIpc) is 2.97. The van der Waals surface area contributed by atoms with E-state index in [9.17, 15) is 4.79 Å². The van der Waals surface area contributed by atoms with E-state index in [4.69, 9.17) is 18.9 Å². The second kappa shape index (κ2) is 22.2. The number of amides is 1. The Bertz CT molecular complexity index is 898. The molecule has 8 heteroatoms. The summed E-state index contributed by atoms with van der Waals surface area (Å²) in [6.45, 7) is 12.2. The maximum absolute atomic E-state index is 11.3. The lowest BCUT2D eigenvalue weighted by atomic mass is 10.0. The highest BCUT2D eigenvalue weighted by atomic mass is 16.5. The zero-order valence-electron chi connectivity index (χ0n) is 25.0. The molecule has 1 amide bonds. The number of carbonyl (C=O) groups excluding carboxylic acids is 1. The van der Waals surface area contributed by atoms with Crippen LogP contribution in [-0.2, 0) is 14.3 Å². The maximum atomic E-state index is 11.3. The molecule has 220 valence electrons. The molecule has 0 bridgehead atoms. The minimum atomic E-state index is -0.0516. The molecule has 0 radical (unpaired) electrons. The summed E-state index contributed by atoms with van der Waals surface area (Å²) in [6, 6.07) is 5.77. The van der Waals surface area contributed by atoms with Gasteiger partial charge in [-0.05, 0) is 75.9 Å². The number of hydrogen-bond acceptors (Lipinski definition) is 7. The first-order valence-corrected chi connectivity index (χ1v) is 14.4. The molecule has 2 N–H and O–H groups in total. The summed E-state index contributed by atoms with van der Waals surface area (Å²) >= 11 is 0. The Morgan fingerprint density at radius 2 is 1.87 bits per heavy atom. The van der Waals surface area contributed by atoms with Crippen LogP contribution in [0.15, 0.2) is 47.1 Å². The van der Waals surface area contributed by atoms with E-state index in [0.29, 0.717) is 25.2 Å². The van der Waals surface area contributed by atoms with Gasteiger partial charge in [0.1, 0.15) is 0 Å². The molecule has 0 fully saturated rings. The van der Waals surface area contributed by atoms with Gasteiger partial charge in [-0.2, -0.15) is 5.10 Å². The number of hydrogen-bond donors (Lipinski definition) is 2. The Kier molecular flexibility index (Phi) is 19.5. The van der Waals surface area contributed by atoms with Crippen LogP contribution < -0.4 is 20.2 Å². The second-order valence-corrected chi connectivity index (χ2v) is 8.98. The standard InChI is InChI=1S/C29H45N3O5.C2H6/c1-5-9-24(16-21-34-3)11-10-23(2)36-20-8-18-30-17-6-7-19-37-27-14-12-25(22-28(27)35-4)26-13-15-29(33)32-31-26;1-2/h9-12,14,22-23,30H,5-8,13,15-21H2,1-4H3,(H,32,33);1-2H3/b11-10-,24-9+;. The van der Waals surface area contributed by atoms with Gasteiger partial charge >= 0.3 is 0 Å². The molecule has 1 aromatic rings. The fourth-order valence-electron chi connectivity index (χ4n) is 3.82. The Balaban J connectivity index is 0.00000371. The highest BCUT2D eigenvalue weighted by molar-refractivity contribution is 6.04. The lowest BCUT2D eigenvalue weighted by Gasteiger charge is -2.15. The molecule has 39 heavy (non-hydrogen) atoms. The Labute approximate surface area is 236 Å². The number of unbranched alkanes of at least 4 members (excludes halogenated alkanes) is 1. The second-order valence-electron chi connectivity index (χ2n) is 8.98. The quantitative estimate of drug-likeness (QED) is 0.168. The number of allylic oxidation sites excluding steroid dienone is 2. The van der Waals surface area contributed by atoms with Crippen molar-refractivity contribution in [1.29, 1.82) is 0 Å². The first-order chi connectivity index (χ1) is 19.1. The van der Waals surface area contributed by atoms with Crippen molar-refractivity contribution in [2.24, 2.45) is 5.10 Å². The lowest BCUT2D eigenvalue weighted by Crippen LogP contribution is -2.25. The van der Waals surface area contributed by atoms with E-state index in [0.717, 1.165) is 75.4 Å². The van der Waals surface area contributed by atoms with Crippen LogP contribution in [-0.4, -0.2) is 64.9 Å². The number of benzene rings is 1. The number of nitrogens with one attached hydrogen (secondary N) is 2. The van der Waals surface area contributed by atoms with Gasteiger partial charge in [0.15, 0.2) is 11.5 Å². The number of nitrogens with zero attached hydrogens (tertiary/aromatic N) is 1. The predicted octanol–water partition coefficient (Wildman–Crippen LogP) is 5.81. The van der Waals surface area contributed by atoms with Gasteiger partial charge in [0.05, 0.1) is 32.1 Å². The van der Waals surface area contributed by atoms with Gasteiger partial charge in [-0.15, -0.1) is 0 Å². The Hall–Kier alpha value is -2.68. The van der Waals surface area contributed by atoms with Crippen LogP contribution in [0.1, 0.15) is 78.2 Å². The van der Waals surface area contributed by atoms with Crippen molar-refractivity contribution in [3.63, 3.8) is 0 Å². The molecular formula is C31H51N3O5. The molecule has 1 aliphatic rings. The zero-order chi connectivity index (χ0) is 28.7. The third-order valence-corrected chi connectivity index (χ3v) is 5.93. The van der Waals surface area contributed by atoms with E-state index < -0.39 is 0 Å². The summed E-state index contributed by atoms with van der Waals surface area (Å²) in [5, 5.41) is 7.62. The smallest absolute Gasteiger partial charge is 0.240 e. The zero-order valence-corrected chi connectivity index (χ0v) is 25.0. The van der Waals surface area contributed by atoms with Crippen molar-refractivity contribution >= 4 is 11.6 Å². The minimum absolute atomic E-state index is 0.0516. The van der Waals surface area contributed by atoms with Crippen LogP contribution >= 0.6 is 0 Å². The largest absolute Gasteiger partial charge is 0.493 e. The van der Waals surface area contributed by atoms with Gasteiger partial charge < -0.3 is 24.3 Å². The predicted molar refractivity (Wildman–Crippen MR) is 160 cm³/mol. The van der Waals surface area contributed by atoms with E-state index in [1.165, 1.54) is 5.57 Å². The van der Waals surface area contributed by atoms with Crippen LogP contribution in [0, 0.1) is 0 Å². The highest BCUT2D eigenvalue weighted by Crippen LogP contribution is 2.29. The summed E-state index contributed by atoms with van der Waals surface area (Å²) in [5.74, 6) is 1.34. The van der Waals surface area contributed by atoms with Crippen molar-refractivity contribution < 1.29 is 23.7 Å². The molecule has 0 saturated carbocycles. The summed E-state index contributed by atoms with van der Waals surface area (Å²) in [5.41, 5.74) is 5.61. The molecule has 1 heterocycles. The molecule has 1 unspecified atom stereocenters. The number of hydrazone groups is 1. The summed E-state index contributed by atoms with van der Waals surface area (Å²) in [4.78, 5) is 11.3. The van der Waals surface area contributed by atoms with Crippen molar-refractivity contribution in [3.8, 4) is 11.5 Å². The molecule has 2 rings (SSSR count). The Morgan fingerprint density at radius 1 is 1.08 bits per heavy atom. The molecular weight excluding hydrogens is 494 g/mol. The third kappa shape index (κ3) is 14.9. The van der Waals surface area contributed by atoms with Crippen LogP contribution in [0.25, 0.3) is 0 Å². The molecule has 8 nitrogen and oxygen atoms in total. The van der Waals surface area contributed by atoms with Crippen molar-refractivity contribution in [2.75, 3.05) is 47.1 Å². The summed E-state index contributed by atoms with van der Waals surface area (Å²) in [7, 11) is 3.36. The van der Waals surface area contributed by atoms with Gasteiger partial charge in [-0.1, -0.05) is 39.0 Å². The molecule has 1 atom stereocenters. The van der Waals surface area contributed by atoms with E-state index in [2.05, 4.69) is 47.9 Å². The first kappa shape index (κ1) is 34.3. The lowest BCUT2D eigenvalue weighted by molar-refractivity contribution is -0.121. The maximum Gasteiger partial charge on any atom is 0.240 e. The Morgan fingerprint density at radius 3 is 2.56 bits per heavy atom. The van der Waals surface area contributed by atoms with Crippen molar-refractivity contribution in [3.05, 3.63) is 47.6 Å². The molecule has 0 saturated heterocycles. The number of rotatable bonds is 19. The van der Waals surface area contributed by atoms with Crippen LogP contribution in [0.4, 0.5) is 0 Å². The van der Waals surface area contributed by atoms with Crippen molar-refractivity contribution in [2.45, 2.75) is 78.7 Å². The molecule has 0 aliphatic carbocycles. The fourth-order valence-corrected chi connectivity index (χ4v) is 3.82. The van der Waals surface area contributed by atoms with Crippen LogP contribution in [0.5, 0.6) is 11.5 Å². The minimum Gasteiger partial charge on any atom is -0.493 e. The monoisotopic (exact) mass is 545 g/mol. The molecule has 0 aromatic heterocycles. The topological polar surface area (TPSA) is 90.4 Å². The number of methoxy groups -OCH3 is 2. The van der Waals surface area contributed by atoms with Crippen LogP contribution in [0.2, 0.25) is 0 Å². The molecule has 0 spiro atoms. The van der Waals surface area contributed by atoms with Gasteiger partial charge in [-0.3, -0.25) is 4.79 Å². The van der Waals surface area contributed by atoms with Gasteiger partial charge in [0.2, 0.25) is 5.91 Å². The summed E-state index contributed by atoms with van der Waals surface area (Å²) in [6.07, 6.45) is 12.6. The number of carbonyl (C=O) groups is 1. The number of ether oxygens (including phenoxy) is 4.